The van der Waals surface area contributed by atoms with Crippen molar-refractivity contribution in [2.75, 3.05) is 25.2 Å². The Bertz CT molecular complexity index is 1010. The minimum Gasteiger partial charge on any atom is -0.411 e. The van der Waals surface area contributed by atoms with Gasteiger partial charge in [0.05, 0.1) is 5.75 Å². The molecular formula is C21H22N4O3S. The molecule has 2 aromatic carbocycles. The van der Waals surface area contributed by atoms with Gasteiger partial charge < -0.3 is 14.6 Å². The maximum atomic E-state index is 12.2. The second kappa shape index (κ2) is 8.91. The first-order valence-electron chi connectivity index (χ1n) is 8.98. The lowest BCUT2D eigenvalue weighted by Crippen LogP contribution is -2.21. The molecule has 0 aliphatic heterocycles. The van der Waals surface area contributed by atoms with E-state index in [2.05, 4.69) is 21.6 Å². The Balaban J connectivity index is 1.56. The van der Waals surface area contributed by atoms with Gasteiger partial charge in [0.15, 0.2) is 0 Å². The van der Waals surface area contributed by atoms with Gasteiger partial charge in [-0.25, -0.2) is 0 Å². The molecule has 2 amide bonds. The van der Waals surface area contributed by atoms with Gasteiger partial charge in [-0.15, -0.1) is 10.2 Å². The number of aryl methyl sites for hydroxylation is 2. The number of benzene rings is 2. The van der Waals surface area contributed by atoms with Crippen LogP contribution >= 0.6 is 11.8 Å². The monoisotopic (exact) mass is 410 g/mol. The maximum Gasteiger partial charge on any atom is 0.277 e. The van der Waals surface area contributed by atoms with Crippen LogP contribution in [0, 0.1) is 13.8 Å². The summed E-state index contributed by atoms with van der Waals surface area (Å²) in [5, 5.41) is 11.2. The molecule has 0 spiro atoms. The summed E-state index contributed by atoms with van der Waals surface area (Å²) in [6.07, 6.45) is 0. The molecule has 7 nitrogen and oxygen atoms in total. The highest BCUT2D eigenvalue weighted by Crippen LogP contribution is 2.25. The normalized spacial score (nSPS) is 10.6. The zero-order valence-corrected chi connectivity index (χ0v) is 17.5. The van der Waals surface area contributed by atoms with E-state index in [-0.39, 0.29) is 17.6 Å². The smallest absolute Gasteiger partial charge is 0.277 e. The van der Waals surface area contributed by atoms with Gasteiger partial charge in [0.25, 0.3) is 11.1 Å². The molecule has 150 valence electrons. The first-order valence-corrected chi connectivity index (χ1v) is 9.97. The number of carbonyl (C=O) groups excluding carboxylic acids is 2. The molecule has 0 saturated heterocycles. The lowest BCUT2D eigenvalue weighted by Gasteiger charge is -2.10. The molecule has 29 heavy (non-hydrogen) atoms. The van der Waals surface area contributed by atoms with Crippen LogP contribution < -0.4 is 5.32 Å². The van der Waals surface area contributed by atoms with Crippen molar-refractivity contribution in [3.05, 3.63) is 59.2 Å². The standard InChI is InChI=1S/C21H22N4O3S/c1-13-9-14(2)11-16(10-13)19-23-24-21(28-19)29-12-18(26)22-17-7-5-15(6-8-17)20(27)25(3)4/h5-11H,12H2,1-4H3,(H,22,26). The molecule has 8 heteroatoms. The van der Waals surface area contributed by atoms with Crippen LogP contribution in [-0.4, -0.2) is 46.8 Å². The highest BCUT2D eigenvalue weighted by molar-refractivity contribution is 7.99. The summed E-state index contributed by atoms with van der Waals surface area (Å²) in [5.74, 6) is 0.274. The number of rotatable bonds is 6. The van der Waals surface area contributed by atoms with Gasteiger partial charge >= 0.3 is 0 Å². The van der Waals surface area contributed by atoms with Crippen molar-refractivity contribution in [3.8, 4) is 11.5 Å². The van der Waals surface area contributed by atoms with Crippen molar-refractivity contribution < 1.29 is 14.0 Å². The minimum atomic E-state index is -0.201. The van der Waals surface area contributed by atoms with Gasteiger partial charge in [0.1, 0.15) is 0 Å². The number of nitrogens with zero attached hydrogens (tertiary/aromatic N) is 3. The highest BCUT2D eigenvalue weighted by atomic mass is 32.2. The van der Waals surface area contributed by atoms with E-state index in [1.807, 2.05) is 26.0 Å². The second-order valence-electron chi connectivity index (χ2n) is 6.86. The van der Waals surface area contributed by atoms with Crippen LogP contribution in [0.4, 0.5) is 5.69 Å². The Morgan fingerprint density at radius 1 is 1.03 bits per heavy atom. The van der Waals surface area contributed by atoms with E-state index in [9.17, 15) is 9.59 Å². The number of hydrogen-bond donors (Lipinski definition) is 1. The van der Waals surface area contributed by atoms with E-state index < -0.39 is 0 Å². The third-order valence-electron chi connectivity index (χ3n) is 4.02. The molecule has 0 saturated carbocycles. The second-order valence-corrected chi connectivity index (χ2v) is 7.79. The van der Waals surface area contributed by atoms with Crippen molar-refractivity contribution in [3.63, 3.8) is 0 Å². The van der Waals surface area contributed by atoms with Crippen molar-refractivity contribution in [1.29, 1.82) is 0 Å². The Kier molecular flexibility index (Phi) is 6.33. The molecular weight excluding hydrogens is 388 g/mol. The third-order valence-corrected chi connectivity index (χ3v) is 4.84. The molecule has 3 aromatic rings. The minimum absolute atomic E-state index is 0.0885. The summed E-state index contributed by atoms with van der Waals surface area (Å²) in [6, 6.07) is 12.8. The van der Waals surface area contributed by atoms with Crippen LogP contribution in [0.1, 0.15) is 21.5 Å². The van der Waals surface area contributed by atoms with Crippen LogP contribution in [0.2, 0.25) is 0 Å². The van der Waals surface area contributed by atoms with E-state index >= 15 is 0 Å². The van der Waals surface area contributed by atoms with Crippen molar-refractivity contribution in [2.24, 2.45) is 0 Å². The van der Waals surface area contributed by atoms with E-state index in [0.717, 1.165) is 16.7 Å². The lowest BCUT2D eigenvalue weighted by molar-refractivity contribution is -0.113. The maximum absolute atomic E-state index is 12.2. The fraction of sp³-hybridized carbons (Fsp3) is 0.238. The Labute approximate surface area is 173 Å². The molecule has 0 aliphatic rings. The fourth-order valence-electron chi connectivity index (χ4n) is 2.76. The molecule has 0 radical (unpaired) electrons. The zero-order chi connectivity index (χ0) is 21.0. The summed E-state index contributed by atoms with van der Waals surface area (Å²) in [7, 11) is 3.39. The number of thioether (sulfide) groups is 1. The first-order chi connectivity index (χ1) is 13.8. The van der Waals surface area contributed by atoms with Crippen molar-refractivity contribution >= 4 is 29.3 Å². The Hall–Kier alpha value is -3.13. The van der Waals surface area contributed by atoms with Crippen LogP contribution in [0.3, 0.4) is 0 Å². The predicted octanol–water partition coefficient (Wildman–Crippen LogP) is 3.79. The summed E-state index contributed by atoms with van der Waals surface area (Å²) in [6.45, 7) is 4.02. The van der Waals surface area contributed by atoms with Gasteiger partial charge in [-0.2, -0.15) is 0 Å². The van der Waals surface area contributed by atoms with Crippen LogP contribution in [0.25, 0.3) is 11.5 Å². The molecule has 0 atom stereocenters. The average molecular weight is 410 g/mol. The van der Waals surface area contributed by atoms with Gasteiger partial charge in [0, 0.05) is 30.9 Å². The van der Waals surface area contributed by atoms with Crippen LogP contribution in [0.15, 0.2) is 52.1 Å². The molecule has 0 unspecified atom stereocenters. The summed E-state index contributed by atoms with van der Waals surface area (Å²) < 4.78 is 5.66. The quantitative estimate of drug-likeness (QED) is 0.622. The van der Waals surface area contributed by atoms with E-state index in [1.54, 1.807) is 38.4 Å². The topological polar surface area (TPSA) is 88.3 Å². The van der Waals surface area contributed by atoms with E-state index in [4.69, 9.17) is 4.42 Å². The number of carbonyl (C=O) groups is 2. The zero-order valence-electron chi connectivity index (χ0n) is 16.7. The Morgan fingerprint density at radius 2 is 1.69 bits per heavy atom. The summed E-state index contributed by atoms with van der Waals surface area (Å²) in [4.78, 5) is 25.6. The van der Waals surface area contributed by atoms with Gasteiger partial charge in [-0.1, -0.05) is 29.0 Å². The van der Waals surface area contributed by atoms with E-state index in [1.165, 1.54) is 16.7 Å². The van der Waals surface area contributed by atoms with Gasteiger partial charge in [-0.3, -0.25) is 9.59 Å². The van der Waals surface area contributed by atoms with Crippen LogP contribution in [-0.2, 0) is 4.79 Å². The number of aromatic nitrogens is 2. The van der Waals surface area contributed by atoms with Crippen LogP contribution in [0.5, 0.6) is 0 Å². The molecule has 1 aromatic heterocycles. The number of hydrogen-bond acceptors (Lipinski definition) is 6. The molecule has 0 bridgehead atoms. The number of nitrogens with one attached hydrogen (secondary N) is 1. The summed E-state index contributed by atoms with van der Waals surface area (Å²) >= 11 is 1.17. The molecule has 0 fully saturated rings. The average Bonchev–Trinajstić information content (AvgIpc) is 3.15. The number of anilines is 1. The lowest BCUT2D eigenvalue weighted by atomic mass is 10.1. The molecule has 1 N–H and O–H groups in total. The highest BCUT2D eigenvalue weighted by Gasteiger charge is 2.13. The largest absolute Gasteiger partial charge is 0.411 e. The predicted molar refractivity (Wildman–Crippen MR) is 113 cm³/mol. The first kappa shape index (κ1) is 20.6. The fourth-order valence-corrected chi connectivity index (χ4v) is 3.32. The SMILES string of the molecule is Cc1cc(C)cc(-c2nnc(SCC(=O)Nc3ccc(C(=O)N(C)C)cc3)o2)c1. The van der Waals surface area contributed by atoms with E-state index in [0.29, 0.717) is 22.4 Å². The van der Waals surface area contributed by atoms with Gasteiger partial charge in [0.2, 0.25) is 11.8 Å². The number of amides is 2. The molecule has 3 rings (SSSR count). The van der Waals surface area contributed by atoms with Crippen molar-refractivity contribution in [1.82, 2.24) is 15.1 Å². The molecule has 0 aliphatic carbocycles. The third kappa shape index (κ3) is 5.45. The summed E-state index contributed by atoms with van der Waals surface area (Å²) in [5.41, 5.74) is 4.27. The Morgan fingerprint density at radius 3 is 2.31 bits per heavy atom. The van der Waals surface area contributed by atoms with Crippen molar-refractivity contribution in [2.45, 2.75) is 19.1 Å². The van der Waals surface area contributed by atoms with Gasteiger partial charge in [-0.05, 0) is 50.2 Å². The molecule has 1 heterocycles.